The second kappa shape index (κ2) is 8.57. The standard InChI is InChI=1S/C14H22N4O3S2.ClH/c19-14(17-9-11-2-1-3-15-11)13-8-12(10-16-13)23(20,21)18-4-6-22-7-5-18;/h8,10-11,15-16H,1-7,9H2,(H,17,19);1H. The number of carbonyl (C=O) groups excluding carboxylic acids is 1. The first kappa shape index (κ1) is 19.6. The Balaban J connectivity index is 0.00000208. The van der Waals surface area contributed by atoms with Gasteiger partial charge in [0.15, 0.2) is 0 Å². The Morgan fingerprint density at radius 1 is 1.38 bits per heavy atom. The maximum absolute atomic E-state index is 12.5. The molecule has 1 unspecified atom stereocenters. The number of aromatic amines is 1. The summed E-state index contributed by atoms with van der Waals surface area (Å²) in [6.07, 6.45) is 3.58. The molecule has 1 amide bonds. The van der Waals surface area contributed by atoms with Gasteiger partial charge in [0, 0.05) is 43.4 Å². The largest absolute Gasteiger partial charge is 0.356 e. The summed E-state index contributed by atoms with van der Waals surface area (Å²) in [5.41, 5.74) is 0.285. The fourth-order valence-corrected chi connectivity index (χ4v) is 5.40. The Morgan fingerprint density at radius 3 is 2.79 bits per heavy atom. The van der Waals surface area contributed by atoms with E-state index in [0.717, 1.165) is 30.9 Å². The number of halogens is 1. The minimum atomic E-state index is -3.51. The molecular formula is C14H23ClN4O3S2. The highest BCUT2D eigenvalue weighted by Gasteiger charge is 2.27. The van der Waals surface area contributed by atoms with Gasteiger partial charge in [-0.15, -0.1) is 12.4 Å². The molecule has 2 aliphatic rings. The SMILES string of the molecule is Cl.O=C(NCC1CCCN1)c1cc(S(=O)(=O)N2CCSCC2)c[nH]1. The number of thioether (sulfide) groups is 1. The number of nitrogens with one attached hydrogen (secondary N) is 3. The van der Waals surface area contributed by atoms with E-state index in [-0.39, 0.29) is 28.9 Å². The first-order valence-electron chi connectivity index (χ1n) is 7.85. The van der Waals surface area contributed by atoms with Crippen LogP contribution in [-0.4, -0.2) is 67.3 Å². The van der Waals surface area contributed by atoms with Crippen LogP contribution >= 0.6 is 24.2 Å². The third kappa shape index (κ3) is 4.45. The fourth-order valence-electron chi connectivity index (χ4n) is 2.83. The Bertz CT molecular complexity index is 653. The van der Waals surface area contributed by atoms with Gasteiger partial charge in [-0.1, -0.05) is 0 Å². The number of nitrogens with zero attached hydrogens (tertiary/aromatic N) is 1. The van der Waals surface area contributed by atoms with Crippen molar-refractivity contribution in [2.24, 2.45) is 0 Å². The average Bonchev–Trinajstić information content (AvgIpc) is 3.25. The van der Waals surface area contributed by atoms with Crippen molar-refractivity contribution in [3.05, 3.63) is 18.0 Å². The van der Waals surface area contributed by atoms with Crippen LogP contribution in [0.5, 0.6) is 0 Å². The zero-order valence-corrected chi connectivity index (χ0v) is 15.7. The lowest BCUT2D eigenvalue weighted by Gasteiger charge is -2.24. The Morgan fingerprint density at radius 2 is 2.12 bits per heavy atom. The van der Waals surface area contributed by atoms with Gasteiger partial charge in [0.25, 0.3) is 5.91 Å². The highest BCUT2D eigenvalue weighted by Crippen LogP contribution is 2.20. The summed E-state index contributed by atoms with van der Waals surface area (Å²) in [7, 11) is -3.51. The molecule has 1 atom stereocenters. The summed E-state index contributed by atoms with van der Waals surface area (Å²) in [6, 6.07) is 1.73. The van der Waals surface area contributed by atoms with E-state index in [0.29, 0.717) is 25.7 Å². The minimum absolute atomic E-state index is 0. The van der Waals surface area contributed by atoms with Crippen LogP contribution in [0.3, 0.4) is 0 Å². The van der Waals surface area contributed by atoms with E-state index in [2.05, 4.69) is 15.6 Å². The molecule has 136 valence electrons. The van der Waals surface area contributed by atoms with E-state index in [1.807, 2.05) is 0 Å². The summed E-state index contributed by atoms with van der Waals surface area (Å²) < 4.78 is 26.6. The fraction of sp³-hybridized carbons (Fsp3) is 0.643. The van der Waals surface area contributed by atoms with Crippen molar-refractivity contribution in [2.75, 3.05) is 37.7 Å². The normalized spacial score (nSPS) is 22.1. The topological polar surface area (TPSA) is 94.3 Å². The van der Waals surface area contributed by atoms with Crippen LogP contribution in [0.2, 0.25) is 0 Å². The van der Waals surface area contributed by atoms with Gasteiger partial charge in [-0.05, 0) is 25.5 Å². The summed E-state index contributed by atoms with van der Waals surface area (Å²) in [6.45, 7) is 2.59. The van der Waals surface area contributed by atoms with Gasteiger partial charge < -0.3 is 15.6 Å². The third-order valence-corrected chi connectivity index (χ3v) is 7.00. The zero-order valence-electron chi connectivity index (χ0n) is 13.3. The lowest BCUT2D eigenvalue weighted by atomic mass is 10.2. The predicted molar refractivity (Wildman–Crippen MR) is 97.5 cm³/mol. The van der Waals surface area contributed by atoms with Crippen molar-refractivity contribution in [1.29, 1.82) is 0 Å². The number of hydrogen-bond acceptors (Lipinski definition) is 5. The molecule has 0 bridgehead atoms. The summed E-state index contributed by atoms with van der Waals surface area (Å²) >= 11 is 1.75. The van der Waals surface area contributed by atoms with E-state index in [9.17, 15) is 13.2 Å². The summed E-state index contributed by atoms with van der Waals surface area (Å²) in [4.78, 5) is 15.1. The molecule has 0 aliphatic carbocycles. The number of amides is 1. The van der Waals surface area contributed by atoms with Gasteiger partial charge in [0.1, 0.15) is 10.6 Å². The number of aromatic nitrogens is 1. The summed E-state index contributed by atoms with van der Waals surface area (Å²) in [5, 5.41) is 6.15. The highest BCUT2D eigenvalue weighted by molar-refractivity contribution is 7.99. The van der Waals surface area contributed by atoms with Gasteiger partial charge >= 0.3 is 0 Å². The van der Waals surface area contributed by atoms with Gasteiger partial charge in [-0.3, -0.25) is 4.79 Å². The van der Waals surface area contributed by atoms with Crippen LogP contribution in [-0.2, 0) is 10.0 Å². The smallest absolute Gasteiger partial charge is 0.267 e. The zero-order chi connectivity index (χ0) is 16.3. The molecule has 0 radical (unpaired) electrons. The molecule has 0 aromatic carbocycles. The predicted octanol–water partition coefficient (Wildman–Crippen LogP) is 0.656. The quantitative estimate of drug-likeness (QED) is 0.681. The van der Waals surface area contributed by atoms with Crippen molar-refractivity contribution in [1.82, 2.24) is 19.9 Å². The molecule has 3 heterocycles. The van der Waals surface area contributed by atoms with E-state index in [1.54, 1.807) is 11.8 Å². The Labute approximate surface area is 152 Å². The van der Waals surface area contributed by atoms with Gasteiger partial charge in [0.2, 0.25) is 10.0 Å². The van der Waals surface area contributed by atoms with Crippen molar-refractivity contribution in [3.63, 3.8) is 0 Å². The third-order valence-electron chi connectivity index (χ3n) is 4.18. The van der Waals surface area contributed by atoms with Gasteiger partial charge in [-0.25, -0.2) is 8.42 Å². The Hall–Kier alpha value is -0.740. The molecule has 0 spiro atoms. The number of sulfonamides is 1. The first-order chi connectivity index (χ1) is 11.1. The van der Waals surface area contributed by atoms with Crippen LogP contribution in [0.25, 0.3) is 0 Å². The number of carbonyl (C=O) groups is 1. The molecule has 1 aromatic heterocycles. The number of rotatable bonds is 5. The molecule has 2 saturated heterocycles. The Kier molecular flexibility index (Phi) is 6.99. The first-order valence-corrected chi connectivity index (χ1v) is 10.4. The van der Waals surface area contributed by atoms with Crippen molar-refractivity contribution < 1.29 is 13.2 Å². The van der Waals surface area contributed by atoms with E-state index >= 15 is 0 Å². The van der Waals surface area contributed by atoms with Crippen LogP contribution in [0.1, 0.15) is 23.3 Å². The molecule has 7 nitrogen and oxygen atoms in total. The molecule has 2 aliphatic heterocycles. The van der Waals surface area contributed by atoms with Gasteiger partial charge in [0.05, 0.1) is 0 Å². The molecule has 2 fully saturated rings. The minimum Gasteiger partial charge on any atom is -0.356 e. The summed E-state index contributed by atoms with van der Waals surface area (Å²) in [5.74, 6) is 1.35. The maximum atomic E-state index is 12.5. The molecule has 3 rings (SSSR count). The average molecular weight is 395 g/mol. The lowest BCUT2D eigenvalue weighted by molar-refractivity contribution is 0.0946. The van der Waals surface area contributed by atoms with Crippen LogP contribution in [0, 0.1) is 0 Å². The molecule has 0 saturated carbocycles. The molecular weight excluding hydrogens is 372 g/mol. The van der Waals surface area contributed by atoms with Crippen molar-refractivity contribution >= 4 is 40.1 Å². The van der Waals surface area contributed by atoms with Crippen molar-refractivity contribution in [2.45, 2.75) is 23.8 Å². The molecule has 10 heteroatoms. The monoisotopic (exact) mass is 394 g/mol. The van der Waals surface area contributed by atoms with E-state index in [4.69, 9.17) is 0 Å². The van der Waals surface area contributed by atoms with E-state index < -0.39 is 10.0 Å². The molecule has 1 aromatic rings. The number of hydrogen-bond donors (Lipinski definition) is 3. The van der Waals surface area contributed by atoms with E-state index in [1.165, 1.54) is 16.6 Å². The lowest BCUT2D eigenvalue weighted by Crippen LogP contribution is -2.38. The van der Waals surface area contributed by atoms with Crippen LogP contribution < -0.4 is 10.6 Å². The maximum Gasteiger partial charge on any atom is 0.267 e. The molecule has 3 N–H and O–H groups in total. The van der Waals surface area contributed by atoms with Gasteiger partial charge in [-0.2, -0.15) is 16.1 Å². The highest BCUT2D eigenvalue weighted by atomic mass is 35.5. The van der Waals surface area contributed by atoms with Crippen LogP contribution in [0.15, 0.2) is 17.2 Å². The van der Waals surface area contributed by atoms with Crippen LogP contribution in [0.4, 0.5) is 0 Å². The second-order valence-electron chi connectivity index (χ2n) is 5.77. The number of H-pyrrole nitrogens is 1. The van der Waals surface area contributed by atoms with Crippen molar-refractivity contribution in [3.8, 4) is 0 Å². The second-order valence-corrected chi connectivity index (χ2v) is 8.93. The molecule has 24 heavy (non-hydrogen) atoms.